The second-order valence-corrected chi connectivity index (χ2v) is 8.70. The van der Waals surface area contributed by atoms with Crippen molar-refractivity contribution in [3.05, 3.63) is 54.3 Å². The highest BCUT2D eigenvalue weighted by atomic mass is 32.2. The van der Waals surface area contributed by atoms with Crippen molar-refractivity contribution in [3.63, 3.8) is 0 Å². The number of benzene rings is 2. The summed E-state index contributed by atoms with van der Waals surface area (Å²) in [5.74, 6) is -0.242. The highest BCUT2D eigenvalue weighted by molar-refractivity contribution is 7.89. The molecule has 0 bridgehead atoms. The second-order valence-electron chi connectivity index (χ2n) is 6.76. The molecule has 1 fully saturated rings. The molecule has 2 aromatic carbocycles. The molecule has 3 rings (SSSR count). The molecule has 9 heteroatoms. The maximum Gasteiger partial charge on any atom is 0.243 e. The average molecular weight is 421 g/mol. The van der Waals surface area contributed by atoms with E-state index >= 15 is 0 Å². The van der Waals surface area contributed by atoms with Crippen LogP contribution in [0.4, 0.5) is 10.1 Å². The van der Waals surface area contributed by atoms with E-state index in [0.29, 0.717) is 18.8 Å². The van der Waals surface area contributed by atoms with Crippen LogP contribution in [0.25, 0.3) is 0 Å². The molecule has 0 aromatic heterocycles. The van der Waals surface area contributed by atoms with Crippen LogP contribution in [0.15, 0.2) is 53.4 Å². The fourth-order valence-electron chi connectivity index (χ4n) is 3.19. The van der Waals surface area contributed by atoms with Crippen molar-refractivity contribution in [2.24, 2.45) is 0 Å². The molecule has 1 saturated heterocycles. The number of carbonyl (C=O) groups excluding carboxylic acids is 1. The van der Waals surface area contributed by atoms with Gasteiger partial charge in [-0.05, 0) is 43.3 Å². The van der Waals surface area contributed by atoms with Crippen molar-refractivity contribution in [2.45, 2.75) is 17.9 Å². The molecule has 2 aromatic rings. The standard InChI is InChI=1S/C20H24FN3O4S/c1-15(20(25)22-19-6-4-3-5-18(19)21)23-11-13-24(14-12-23)29(26,27)17-9-7-16(28-2)8-10-17/h3-10,15H,11-14H2,1-2H3,(H,22,25)/t15-/m0/s1. The van der Waals surface area contributed by atoms with Gasteiger partial charge in [0.1, 0.15) is 11.6 Å². The summed E-state index contributed by atoms with van der Waals surface area (Å²) in [6, 6.07) is 11.7. The Labute approximate surface area is 170 Å². The molecule has 0 radical (unpaired) electrons. The fraction of sp³-hybridized carbons (Fsp3) is 0.350. The Bertz CT molecular complexity index is 958. The Balaban J connectivity index is 1.60. The van der Waals surface area contributed by atoms with E-state index in [1.54, 1.807) is 31.2 Å². The van der Waals surface area contributed by atoms with Crippen LogP contribution in [-0.2, 0) is 14.8 Å². The number of halogens is 1. The van der Waals surface area contributed by atoms with Crippen molar-refractivity contribution in [1.82, 2.24) is 9.21 Å². The maximum atomic E-state index is 13.7. The molecule has 1 aliphatic heterocycles. The number of para-hydroxylation sites is 1. The summed E-state index contributed by atoms with van der Waals surface area (Å²) in [6.07, 6.45) is 0. The van der Waals surface area contributed by atoms with Gasteiger partial charge < -0.3 is 10.1 Å². The van der Waals surface area contributed by atoms with Crippen molar-refractivity contribution < 1.29 is 22.3 Å². The van der Waals surface area contributed by atoms with Gasteiger partial charge in [0.15, 0.2) is 0 Å². The van der Waals surface area contributed by atoms with E-state index in [4.69, 9.17) is 4.74 Å². The predicted molar refractivity (Wildman–Crippen MR) is 108 cm³/mol. The number of methoxy groups -OCH3 is 1. The zero-order valence-corrected chi connectivity index (χ0v) is 17.2. The summed E-state index contributed by atoms with van der Waals surface area (Å²) in [4.78, 5) is 14.6. The van der Waals surface area contributed by atoms with Crippen molar-refractivity contribution in [1.29, 1.82) is 0 Å². The number of piperazine rings is 1. The summed E-state index contributed by atoms with van der Waals surface area (Å²) in [7, 11) is -2.09. The first-order chi connectivity index (χ1) is 13.8. The fourth-order valence-corrected chi connectivity index (χ4v) is 4.62. The number of sulfonamides is 1. The quantitative estimate of drug-likeness (QED) is 0.773. The number of anilines is 1. The average Bonchev–Trinajstić information content (AvgIpc) is 2.75. The van der Waals surface area contributed by atoms with E-state index in [0.717, 1.165) is 0 Å². The third-order valence-electron chi connectivity index (χ3n) is 5.03. The van der Waals surface area contributed by atoms with Crippen LogP contribution < -0.4 is 10.1 Å². The van der Waals surface area contributed by atoms with Crippen LogP contribution in [0, 0.1) is 5.82 Å². The van der Waals surface area contributed by atoms with E-state index in [1.807, 2.05) is 4.90 Å². The maximum absolute atomic E-state index is 13.7. The summed E-state index contributed by atoms with van der Waals surface area (Å²) >= 11 is 0. The van der Waals surface area contributed by atoms with E-state index in [9.17, 15) is 17.6 Å². The number of amides is 1. The molecule has 1 aliphatic rings. The molecule has 0 spiro atoms. The monoisotopic (exact) mass is 421 g/mol. The zero-order valence-electron chi connectivity index (χ0n) is 16.3. The first-order valence-corrected chi connectivity index (χ1v) is 10.7. The first-order valence-electron chi connectivity index (χ1n) is 9.26. The highest BCUT2D eigenvalue weighted by Gasteiger charge is 2.32. The molecule has 0 aliphatic carbocycles. The molecule has 1 amide bonds. The van der Waals surface area contributed by atoms with Crippen LogP contribution in [0.3, 0.4) is 0 Å². The smallest absolute Gasteiger partial charge is 0.243 e. The Morgan fingerprint density at radius 3 is 2.28 bits per heavy atom. The lowest BCUT2D eigenvalue weighted by atomic mass is 10.2. The minimum absolute atomic E-state index is 0.130. The Morgan fingerprint density at radius 2 is 1.69 bits per heavy atom. The van der Waals surface area contributed by atoms with Gasteiger partial charge in [0, 0.05) is 26.2 Å². The Hall–Kier alpha value is -2.49. The van der Waals surface area contributed by atoms with Crippen LogP contribution in [-0.4, -0.2) is 62.9 Å². The molecule has 29 heavy (non-hydrogen) atoms. The van der Waals surface area contributed by atoms with Gasteiger partial charge in [-0.3, -0.25) is 9.69 Å². The molecule has 0 saturated carbocycles. The van der Waals surface area contributed by atoms with Gasteiger partial charge in [-0.15, -0.1) is 0 Å². The number of nitrogens with zero attached hydrogens (tertiary/aromatic N) is 2. The SMILES string of the molecule is COc1ccc(S(=O)(=O)N2CCN([C@@H](C)C(=O)Nc3ccccc3F)CC2)cc1. The summed E-state index contributed by atoms with van der Waals surface area (Å²) in [6.45, 7) is 3.07. The van der Waals surface area contributed by atoms with Crippen LogP contribution in [0.2, 0.25) is 0 Å². The predicted octanol–water partition coefficient (Wildman–Crippen LogP) is 2.17. The molecular weight excluding hydrogens is 397 g/mol. The van der Waals surface area contributed by atoms with Gasteiger partial charge in [0.2, 0.25) is 15.9 Å². The van der Waals surface area contributed by atoms with Gasteiger partial charge >= 0.3 is 0 Å². The lowest BCUT2D eigenvalue weighted by molar-refractivity contribution is -0.121. The minimum atomic E-state index is -3.61. The van der Waals surface area contributed by atoms with Gasteiger partial charge in [-0.2, -0.15) is 4.31 Å². The molecule has 156 valence electrons. The van der Waals surface area contributed by atoms with E-state index < -0.39 is 21.9 Å². The molecule has 1 atom stereocenters. The Kier molecular flexibility index (Phi) is 6.51. The number of ether oxygens (including phenoxy) is 1. The lowest BCUT2D eigenvalue weighted by Crippen LogP contribution is -2.53. The van der Waals surface area contributed by atoms with Gasteiger partial charge in [-0.25, -0.2) is 12.8 Å². The van der Waals surface area contributed by atoms with Crippen LogP contribution in [0.5, 0.6) is 5.75 Å². The van der Waals surface area contributed by atoms with Crippen molar-refractivity contribution in [3.8, 4) is 5.75 Å². The minimum Gasteiger partial charge on any atom is -0.497 e. The summed E-state index contributed by atoms with van der Waals surface area (Å²) < 4.78 is 45.9. The van der Waals surface area contributed by atoms with Gasteiger partial charge in [-0.1, -0.05) is 12.1 Å². The van der Waals surface area contributed by atoms with E-state index in [2.05, 4.69) is 5.32 Å². The molecule has 1 N–H and O–H groups in total. The number of rotatable bonds is 6. The second kappa shape index (κ2) is 8.89. The summed E-state index contributed by atoms with van der Waals surface area (Å²) in [5.41, 5.74) is 0.130. The number of hydrogen-bond donors (Lipinski definition) is 1. The molecule has 1 heterocycles. The van der Waals surface area contributed by atoms with E-state index in [1.165, 1.54) is 35.7 Å². The van der Waals surface area contributed by atoms with Gasteiger partial charge in [0.25, 0.3) is 0 Å². The molecule has 7 nitrogen and oxygen atoms in total. The zero-order chi connectivity index (χ0) is 21.0. The first kappa shape index (κ1) is 21.2. The number of nitrogens with one attached hydrogen (secondary N) is 1. The highest BCUT2D eigenvalue weighted by Crippen LogP contribution is 2.21. The number of carbonyl (C=O) groups is 1. The molecular formula is C20H24FN3O4S. The third-order valence-corrected chi connectivity index (χ3v) is 6.94. The van der Waals surface area contributed by atoms with Gasteiger partial charge in [0.05, 0.1) is 23.7 Å². The van der Waals surface area contributed by atoms with Crippen LogP contribution >= 0.6 is 0 Å². The van der Waals surface area contributed by atoms with Crippen molar-refractivity contribution >= 4 is 21.6 Å². The molecule has 0 unspecified atom stereocenters. The largest absolute Gasteiger partial charge is 0.497 e. The number of hydrogen-bond acceptors (Lipinski definition) is 5. The third kappa shape index (κ3) is 4.75. The van der Waals surface area contributed by atoms with E-state index in [-0.39, 0.29) is 29.6 Å². The normalized spacial score (nSPS) is 16.9. The van der Waals surface area contributed by atoms with Crippen LogP contribution in [0.1, 0.15) is 6.92 Å². The van der Waals surface area contributed by atoms with Crippen molar-refractivity contribution in [2.75, 3.05) is 38.6 Å². The topological polar surface area (TPSA) is 79.0 Å². The summed E-state index contributed by atoms with van der Waals surface area (Å²) in [5, 5.41) is 2.59. The lowest BCUT2D eigenvalue weighted by Gasteiger charge is -2.36. The Morgan fingerprint density at radius 1 is 1.07 bits per heavy atom.